The highest BCUT2D eigenvalue weighted by atomic mass is 32.2. The second-order valence-electron chi connectivity index (χ2n) is 6.64. The average molecular weight is 375 g/mol. The van der Waals surface area contributed by atoms with Crippen LogP contribution >= 0.6 is 11.8 Å². The standard InChI is InChI=1S/C19H26N4O2S/c1-12(2)11-23-14(4)13(3)20-19(23)26-15(5)17(24)22-18(25)21-16-9-7-6-8-10-16/h6-10,12,15H,11H2,1-5H3,(H2,21,22,24,25)/t15-/m1/s1. The van der Waals surface area contributed by atoms with E-state index < -0.39 is 11.3 Å². The van der Waals surface area contributed by atoms with Gasteiger partial charge in [0.15, 0.2) is 5.16 Å². The number of anilines is 1. The molecule has 1 heterocycles. The number of aryl methyl sites for hydroxylation is 1. The van der Waals surface area contributed by atoms with Crippen LogP contribution in [0.4, 0.5) is 10.5 Å². The summed E-state index contributed by atoms with van der Waals surface area (Å²) in [6, 6.07) is 8.47. The van der Waals surface area contributed by atoms with Gasteiger partial charge in [-0.05, 0) is 38.8 Å². The minimum absolute atomic E-state index is 0.349. The van der Waals surface area contributed by atoms with Gasteiger partial charge in [-0.25, -0.2) is 9.78 Å². The summed E-state index contributed by atoms with van der Waals surface area (Å²) in [7, 11) is 0. The highest BCUT2D eigenvalue weighted by Crippen LogP contribution is 2.26. The quantitative estimate of drug-likeness (QED) is 0.750. The van der Waals surface area contributed by atoms with Gasteiger partial charge in [0.05, 0.1) is 10.9 Å². The van der Waals surface area contributed by atoms with Gasteiger partial charge < -0.3 is 9.88 Å². The van der Waals surface area contributed by atoms with Crippen LogP contribution < -0.4 is 10.6 Å². The first-order chi connectivity index (χ1) is 12.3. The summed E-state index contributed by atoms with van der Waals surface area (Å²) in [5.74, 6) is 0.125. The maximum Gasteiger partial charge on any atom is 0.325 e. The van der Waals surface area contributed by atoms with Gasteiger partial charge in [-0.15, -0.1) is 0 Å². The lowest BCUT2D eigenvalue weighted by molar-refractivity contribution is -0.119. The van der Waals surface area contributed by atoms with E-state index in [9.17, 15) is 9.59 Å². The molecule has 1 aromatic carbocycles. The average Bonchev–Trinajstić information content (AvgIpc) is 2.82. The molecule has 0 aliphatic carbocycles. The summed E-state index contributed by atoms with van der Waals surface area (Å²) in [4.78, 5) is 28.9. The highest BCUT2D eigenvalue weighted by Gasteiger charge is 2.21. The fourth-order valence-corrected chi connectivity index (χ4v) is 3.41. The van der Waals surface area contributed by atoms with Crippen LogP contribution in [0.3, 0.4) is 0 Å². The summed E-state index contributed by atoms with van der Waals surface area (Å²) in [6.45, 7) is 10.9. The van der Waals surface area contributed by atoms with Crippen molar-refractivity contribution in [3.8, 4) is 0 Å². The van der Waals surface area contributed by atoms with Crippen molar-refractivity contribution in [1.29, 1.82) is 0 Å². The van der Waals surface area contributed by atoms with Crippen LogP contribution in [0.1, 0.15) is 32.2 Å². The van der Waals surface area contributed by atoms with Gasteiger partial charge in [0.1, 0.15) is 0 Å². The van der Waals surface area contributed by atoms with Crippen molar-refractivity contribution in [2.45, 2.75) is 51.6 Å². The molecule has 1 atom stereocenters. The van der Waals surface area contributed by atoms with Gasteiger partial charge in [-0.3, -0.25) is 10.1 Å². The molecule has 6 nitrogen and oxygen atoms in total. The zero-order valence-corrected chi connectivity index (χ0v) is 16.7. The molecule has 0 radical (unpaired) electrons. The van der Waals surface area contributed by atoms with Gasteiger partial charge in [0, 0.05) is 17.9 Å². The Morgan fingerprint density at radius 2 is 1.81 bits per heavy atom. The van der Waals surface area contributed by atoms with E-state index in [1.54, 1.807) is 19.1 Å². The van der Waals surface area contributed by atoms with Gasteiger partial charge in [-0.1, -0.05) is 43.8 Å². The lowest BCUT2D eigenvalue weighted by Gasteiger charge is -2.15. The number of carbonyl (C=O) groups is 2. The second-order valence-corrected chi connectivity index (χ2v) is 7.95. The molecule has 2 N–H and O–H groups in total. The molecule has 0 saturated carbocycles. The van der Waals surface area contributed by atoms with E-state index in [1.807, 2.05) is 32.0 Å². The number of hydrogen-bond donors (Lipinski definition) is 2. The number of hydrogen-bond acceptors (Lipinski definition) is 4. The molecule has 2 rings (SSSR count). The minimum Gasteiger partial charge on any atom is -0.323 e. The predicted octanol–water partition coefficient (Wildman–Crippen LogP) is 3.98. The zero-order chi connectivity index (χ0) is 19.3. The van der Waals surface area contributed by atoms with E-state index in [0.29, 0.717) is 11.6 Å². The van der Waals surface area contributed by atoms with Crippen molar-refractivity contribution in [2.75, 3.05) is 5.32 Å². The molecule has 0 fully saturated rings. The number of urea groups is 1. The van der Waals surface area contributed by atoms with Crippen LogP contribution in [0.15, 0.2) is 35.5 Å². The molecule has 0 saturated heterocycles. The molecule has 3 amide bonds. The molecule has 0 spiro atoms. The minimum atomic E-state index is -0.536. The normalized spacial score (nSPS) is 12.1. The summed E-state index contributed by atoms with van der Waals surface area (Å²) in [5.41, 5.74) is 2.70. The Labute approximate surface area is 158 Å². The Bertz CT molecular complexity index is 771. The van der Waals surface area contributed by atoms with E-state index in [-0.39, 0.29) is 5.91 Å². The molecule has 7 heteroatoms. The molecule has 2 aromatic rings. The Morgan fingerprint density at radius 1 is 1.15 bits per heavy atom. The smallest absolute Gasteiger partial charge is 0.323 e. The van der Waals surface area contributed by atoms with Gasteiger partial charge in [0.25, 0.3) is 0 Å². The van der Waals surface area contributed by atoms with Crippen molar-refractivity contribution < 1.29 is 9.59 Å². The summed E-state index contributed by atoms with van der Waals surface area (Å²) < 4.78 is 2.14. The van der Waals surface area contributed by atoms with Crippen LogP contribution in [-0.2, 0) is 11.3 Å². The zero-order valence-electron chi connectivity index (χ0n) is 15.9. The molecule has 0 aliphatic heterocycles. The van der Waals surface area contributed by atoms with E-state index >= 15 is 0 Å². The molecule has 26 heavy (non-hydrogen) atoms. The number of nitrogens with zero attached hydrogens (tertiary/aromatic N) is 2. The maximum atomic E-state index is 12.3. The Kier molecular flexibility index (Phi) is 6.85. The molecule has 140 valence electrons. The van der Waals surface area contributed by atoms with E-state index in [4.69, 9.17) is 0 Å². The number of aromatic nitrogens is 2. The van der Waals surface area contributed by atoms with Crippen molar-refractivity contribution >= 4 is 29.4 Å². The van der Waals surface area contributed by atoms with E-state index in [1.165, 1.54) is 11.8 Å². The van der Waals surface area contributed by atoms with Gasteiger partial charge in [-0.2, -0.15) is 0 Å². The lowest BCUT2D eigenvalue weighted by Crippen LogP contribution is -2.39. The lowest BCUT2D eigenvalue weighted by atomic mass is 10.2. The predicted molar refractivity (Wildman–Crippen MR) is 105 cm³/mol. The number of imidazole rings is 1. The molecule has 1 aromatic heterocycles. The van der Waals surface area contributed by atoms with Crippen molar-refractivity contribution in [3.05, 3.63) is 41.7 Å². The highest BCUT2D eigenvalue weighted by molar-refractivity contribution is 8.00. The number of thioether (sulfide) groups is 1. The van der Waals surface area contributed by atoms with Crippen LogP contribution in [0.2, 0.25) is 0 Å². The molecular weight excluding hydrogens is 348 g/mol. The van der Waals surface area contributed by atoms with E-state index in [2.05, 4.69) is 34.0 Å². The number of nitrogens with one attached hydrogen (secondary N) is 2. The third-order valence-electron chi connectivity index (χ3n) is 3.89. The topological polar surface area (TPSA) is 76.0 Å². The monoisotopic (exact) mass is 374 g/mol. The van der Waals surface area contributed by atoms with Crippen LogP contribution in [-0.4, -0.2) is 26.7 Å². The van der Waals surface area contributed by atoms with E-state index in [0.717, 1.165) is 23.1 Å². The fourth-order valence-electron chi connectivity index (χ4n) is 2.40. The Balaban J connectivity index is 1.99. The fraction of sp³-hybridized carbons (Fsp3) is 0.421. The van der Waals surface area contributed by atoms with Crippen molar-refractivity contribution in [3.63, 3.8) is 0 Å². The first-order valence-electron chi connectivity index (χ1n) is 8.65. The van der Waals surface area contributed by atoms with Crippen LogP contribution in [0, 0.1) is 19.8 Å². The summed E-state index contributed by atoms with van der Waals surface area (Å²) in [5, 5.41) is 5.39. The molecular formula is C19H26N4O2S. The number of imide groups is 1. The SMILES string of the molecule is Cc1nc(S[C@H](C)C(=O)NC(=O)Nc2ccccc2)n(CC(C)C)c1C. The third kappa shape index (κ3) is 5.36. The summed E-state index contributed by atoms with van der Waals surface area (Å²) in [6.07, 6.45) is 0. The van der Waals surface area contributed by atoms with Gasteiger partial charge >= 0.3 is 6.03 Å². The van der Waals surface area contributed by atoms with Crippen molar-refractivity contribution in [2.24, 2.45) is 5.92 Å². The first-order valence-corrected chi connectivity index (χ1v) is 9.53. The largest absolute Gasteiger partial charge is 0.325 e. The molecule has 0 bridgehead atoms. The van der Waals surface area contributed by atoms with Gasteiger partial charge in [0.2, 0.25) is 5.91 Å². The van der Waals surface area contributed by atoms with Crippen LogP contribution in [0.25, 0.3) is 0 Å². The molecule has 0 aliphatic rings. The number of benzene rings is 1. The Hall–Kier alpha value is -2.28. The van der Waals surface area contributed by atoms with Crippen LogP contribution in [0.5, 0.6) is 0 Å². The maximum absolute atomic E-state index is 12.3. The Morgan fingerprint density at radius 3 is 2.42 bits per heavy atom. The number of rotatable bonds is 6. The molecule has 0 unspecified atom stereocenters. The number of para-hydroxylation sites is 1. The third-order valence-corrected chi connectivity index (χ3v) is 4.98. The second kappa shape index (κ2) is 8.89. The number of amides is 3. The summed E-state index contributed by atoms with van der Waals surface area (Å²) >= 11 is 1.36. The van der Waals surface area contributed by atoms with Crippen molar-refractivity contribution in [1.82, 2.24) is 14.9 Å². The first kappa shape index (κ1) is 20.0. The number of carbonyl (C=O) groups excluding carboxylic acids is 2.